The highest BCUT2D eigenvalue weighted by Crippen LogP contribution is 2.38. The average Bonchev–Trinajstić information content (AvgIpc) is 2.67. The molecule has 1 aliphatic rings. The van der Waals surface area contributed by atoms with Crippen molar-refractivity contribution in [3.8, 4) is 0 Å². The summed E-state index contributed by atoms with van der Waals surface area (Å²) in [5.74, 6) is -1.51. The van der Waals surface area contributed by atoms with Crippen molar-refractivity contribution in [3.63, 3.8) is 0 Å². The van der Waals surface area contributed by atoms with Crippen LogP contribution < -0.4 is 5.32 Å². The van der Waals surface area contributed by atoms with E-state index in [1.165, 1.54) is 29.3 Å². The van der Waals surface area contributed by atoms with Crippen molar-refractivity contribution in [1.29, 1.82) is 0 Å². The first-order valence-corrected chi connectivity index (χ1v) is 8.66. The maximum Gasteiger partial charge on any atom is 0.416 e. The molecule has 28 heavy (non-hydrogen) atoms. The number of amides is 2. The molecular weight excluding hydrogens is 375 g/mol. The number of aromatic carboxylic acids is 1. The first kappa shape index (κ1) is 19.7. The van der Waals surface area contributed by atoms with E-state index >= 15 is 0 Å². The Balaban J connectivity index is 1.67. The zero-order valence-electron chi connectivity index (χ0n) is 14.7. The van der Waals surface area contributed by atoms with Crippen molar-refractivity contribution in [2.24, 2.45) is 0 Å². The van der Waals surface area contributed by atoms with Crippen LogP contribution in [0.5, 0.6) is 0 Å². The molecule has 3 rings (SSSR count). The summed E-state index contributed by atoms with van der Waals surface area (Å²) in [5, 5.41) is 11.7. The number of nitrogens with one attached hydrogen (secondary N) is 1. The van der Waals surface area contributed by atoms with Crippen LogP contribution >= 0.6 is 0 Å². The molecule has 0 unspecified atom stereocenters. The normalized spacial score (nSPS) is 15.3. The largest absolute Gasteiger partial charge is 0.478 e. The first-order chi connectivity index (χ1) is 13.3. The van der Waals surface area contributed by atoms with Crippen LogP contribution in [0.2, 0.25) is 0 Å². The molecule has 1 aromatic carbocycles. The van der Waals surface area contributed by atoms with Gasteiger partial charge in [-0.05, 0) is 36.5 Å². The molecule has 1 saturated heterocycles. The molecule has 0 bridgehead atoms. The second kappa shape index (κ2) is 7.87. The third-order valence-electron chi connectivity index (χ3n) is 4.78. The van der Waals surface area contributed by atoms with Crippen LogP contribution in [0.4, 0.5) is 23.7 Å². The van der Waals surface area contributed by atoms with E-state index < -0.39 is 23.7 Å². The van der Waals surface area contributed by atoms with Gasteiger partial charge in [-0.2, -0.15) is 13.2 Å². The summed E-state index contributed by atoms with van der Waals surface area (Å²) in [6.07, 6.45) is -1.13. The molecule has 0 spiro atoms. The molecule has 1 aliphatic heterocycles. The van der Waals surface area contributed by atoms with E-state index in [4.69, 9.17) is 5.11 Å². The van der Waals surface area contributed by atoms with E-state index in [2.05, 4.69) is 10.3 Å². The summed E-state index contributed by atoms with van der Waals surface area (Å²) in [7, 11) is 0. The predicted molar refractivity (Wildman–Crippen MR) is 95.2 cm³/mol. The SMILES string of the molecule is O=C(O)c1cnccc1NC(=O)N1CCC(c2ccccc2C(F)(F)F)CC1. The summed E-state index contributed by atoms with van der Waals surface area (Å²) in [6, 6.07) is 6.40. The lowest BCUT2D eigenvalue weighted by molar-refractivity contribution is -0.138. The molecule has 0 atom stereocenters. The van der Waals surface area contributed by atoms with Crippen LogP contribution in [0.15, 0.2) is 42.7 Å². The van der Waals surface area contributed by atoms with Gasteiger partial charge in [0.2, 0.25) is 0 Å². The van der Waals surface area contributed by atoms with Gasteiger partial charge in [0, 0.05) is 25.5 Å². The van der Waals surface area contributed by atoms with Gasteiger partial charge in [-0.3, -0.25) is 4.98 Å². The fourth-order valence-corrected chi connectivity index (χ4v) is 3.37. The maximum absolute atomic E-state index is 13.2. The zero-order valence-corrected chi connectivity index (χ0v) is 14.7. The number of urea groups is 1. The molecule has 2 heterocycles. The molecule has 2 N–H and O–H groups in total. The average molecular weight is 393 g/mol. The van der Waals surface area contributed by atoms with Crippen molar-refractivity contribution in [2.75, 3.05) is 18.4 Å². The summed E-state index contributed by atoms with van der Waals surface area (Å²) in [4.78, 5) is 28.8. The number of pyridine rings is 1. The number of carboxylic acid groups (broad SMARTS) is 1. The number of hydrogen-bond acceptors (Lipinski definition) is 3. The van der Waals surface area contributed by atoms with Gasteiger partial charge >= 0.3 is 18.2 Å². The summed E-state index contributed by atoms with van der Waals surface area (Å²) >= 11 is 0. The van der Waals surface area contributed by atoms with Gasteiger partial charge in [0.15, 0.2) is 0 Å². The van der Waals surface area contributed by atoms with Crippen LogP contribution in [-0.2, 0) is 6.18 Å². The number of aromatic nitrogens is 1. The number of carboxylic acids is 1. The van der Waals surface area contributed by atoms with Crippen molar-refractivity contribution >= 4 is 17.7 Å². The smallest absolute Gasteiger partial charge is 0.416 e. The Labute approximate surface area is 159 Å². The molecule has 0 radical (unpaired) electrons. The number of hydrogen-bond donors (Lipinski definition) is 2. The zero-order chi connectivity index (χ0) is 20.3. The lowest BCUT2D eigenvalue weighted by Crippen LogP contribution is -2.41. The summed E-state index contributed by atoms with van der Waals surface area (Å²) in [6.45, 7) is 0.548. The quantitative estimate of drug-likeness (QED) is 0.818. The van der Waals surface area contributed by atoms with E-state index in [-0.39, 0.29) is 35.8 Å². The Morgan fingerprint density at radius 1 is 1.14 bits per heavy atom. The van der Waals surface area contributed by atoms with Crippen molar-refractivity contribution in [1.82, 2.24) is 9.88 Å². The van der Waals surface area contributed by atoms with E-state index in [0.29, 0.717) is 12.8 Å². The van der Waals surface area contributed by atoms with E-state index in [1.807, 2.05) is 0 Å². The number of rotatable bonds is 3. The fourth-order valence-electron chi connectivity index (χ4n) is 3.37. The van der Waals surface area contributed by atoms with Crippen molar-refractivity contribution in [2.45, 2.75) is 24.9 Å². The molecule has 0 aliphatic carbocycles. The van der Waals surface area contributed by atoms with Gasteiger partial charge in [0.1, 0.15) is 5.56 Å². The van der Waals surface area contributed by atoms with Gasteiger partial charge in [0.05, 0.1) is 11.3 Å². The Bertz CT molecular complexity index is 878. The second-order valence-corrected chi connectivity index (χ2v) is 6.50. The Hall–Kier alpha value is -3.10. The number of piperidine rings is 1. The monoisotopic (exact) mass is 393 g/mol. The third-order valence-corrected chi connectivity index (χ3v) is 4.78. The lowest BCUT2D eigenvalue weighted by Gasteiger charge is -2.33. The standard InChI is InChI=1S/C19H18F3N3O3/c20-19(21,22)15-4-2-1-3-13(15)12-6-9-25(10-7-12)18(28)24-16-5-8-23-11-14(16)17(26)27/h1-5,8,11-12H,6-7,9-10H2,(H,26,27)(H,23,24,28). The minimum absolute atomic E-state index is 0.122. The number of halogens is 3. The molecule has 6 nitrogen and oxygen atoms in total. The van der Waals surface area contributed by atoms with Crippen LogP contribution in [0.25, 0.3) is 0 Å². The van der Waals surface area contributed by atoms with Crippen LogP contribution in [-0.4, -0.2) is 40.1 Å². The van der Waals surface area contributed by atoms with Crippen molar-refractivity contribution < 1.29 is 27.9 Å². The van der Waals surface area contributed by atoms with Gasteiger partial charge in [-0.15, -0.1) is 0 Å². The molecule has 1 fully saturated rings. The van der Waals surface area contributed by atoms with Crippen LogP contribution in [0, 0.1) is 0 Å². The summed E-state index contributed by atoms with van der Waals surface area (Å²) < 4.78 is 39.7. The molecule has 0 saturated carbocycles. The maximum atomic E-state index is 13.2. The first-order valence-electron chi connectivity index (χ1n) is 8.66. The number of benzene rings is 1. The highest BCUT2D eigenvalue weighted by atomic mass is 19.4. The molecule has 148 valence electrons. The second-order valence-electron chi connectivity index (χ2n) is 6.50. The Kier molecular flexibility index (Phi) is 5.53. The van der Waals surface area contributed by atoms with Crippen molar-refractivity contribution in [3.05, 3.63) is 59.4 Å². The Morgan fingerprint density at radius 2 is 1.82 bits per heavy atom. The van der Waals surface area contributed by atoms with Gasteiger partial charge < -0.3 is 15.3 Å². The van der Waals surface area contributed by atoms with E-state index in [0.717, 1.165) is 12.3 Å². The highest BCUT2D eigenvalue weighted by molar-refractivity contribution is 5.99. The molecule has 2 aromatic rings. The molecular formula is C19H18F3N3O3. The van der Waals surface area contributed by atoms with Gasteiger partial charge in [0.25, 0.3) is 0 Å². The lowest BCUT2D eigenvalue weighted by atomic mass is 9.86. The molecule has 9 heteroatoms. The van der Waals surface area contributed by atoms with Gasteiger partial charge in [-0.1, -0.05) is 18.2 Å². The molecule has 2 amide bonds. The number of likely N-dealkylation sites (tertiary alicyclic amines) is 1. The van der Waals surface area contributed by atoms with E-state index in [1.54, 1.807) is 6.07 Å². The number of nitrogens with zero attached hydrogens (tertiary/aromatic N) is 2. The summed E-state index contributed by atoms with van der Waals surface area (Å²) in [5.41, 5.74) is -0.403. The minimum Gasteiger partial charge on any atom is -0.478 e. The number of carbonyl (C=O) groups is 2. The third kappa shape index (κ3) is 4.24. The fraction of sp³-hybridized carbons (Fsp3) is 0.316. The number of carbonyl (C=O) groups excluding carboxylic acids is 1. The minimum atomic E-state index is -4.42. The Morgan fingerprint density at radius 3 is 2.46 bits per heavy atom. The highest BCUT2D eigenvalue weighted by Gasteiger charge is 2.36. The number of alkyl halides is 3. The van der Waals surface area contributed by atoms with Gasteiger partial charge in [-0.25, -0.2) is 9.59 Å². The topological polar surface area (TPSA) is 82.5 Å². The van der Waals surface area contributed by atoms with Crippen LogP contribution in [0.1, 0.15) is 40.2 Å². The number of anilines is 1. The molecule has 1 aromatic heterocycles. The predicted octanol–water partition coefficient (Wildman–Crippen LogP) is 4.21. The van der Waals surface area contributed by atoms with Crippen LogP contribution in [0.3, 0.4) is 0 Å². The van der Waals surface area contributed by atoms with E-state index in [9.17, 15) is 22.8 Å².